The van der Waals surface area contributed by atoms with E-state index in [1.807, 2.05) is 12.1 Å². The summed E-state index contributed by atoms with van der Waals surface area (Å²) in [6, 6.07) is 66.6. The summed E-state index contributed by atoms with van der Waals surface area (Å²) in [6.45, 7) is 0. The first-order valence-electron chi connectivity index (χ1n) is 18.0. The minimum absolute atomic E-state index is 0.831. The highest BCUT2D eigenvalue weighted by Crippen LogP contribution is 2.46. The summed E-state index contributed by atoms with van der Waals surface area (Å²) in [7, 11) is 0. The number of anilines is 3. The number of hydrogen-bond acceptors (Lipinski definition) is 3. The largest absolute Gasteiger partial charge is 0.455 e. The Kier molecular flexibility index (Phi) is 6.55. The van der Waals surface area contributed by atoms with Crippen molar-refractivity contribution >= 4 is 82.5 Å². The Morgan fingerprint density at radius 2 is 0.962 bits per heavy atom. The molecule has 0 fully saturated rings. The van der Waals surface area contributed by atoms with Crippen LogP contribution in [0.4, 0.5) is 17.1 Å². The Labute approximate surface area is 305 Å². The summed E-state index contributed by atoms with van der Waals surface area (Å²) < 4.78 is 13.6. The SMILES string of the molecule is c1ccc(-c2ccc(N(c3ccc4c(c3)oc3c(-c5cccc6ccccc56)c5ccccc5cc34)c3cccc4c3oc3ccccc34)cc2)cc1. The summed E-state index contributed by atoms with van der Waals surface area (Å²) >= 11 is 0. The molecule has 11 aromatic rings. The van der Waals surface area contributed by atoms with Crippen LogP contribution in [0.1, 0.15) is 0 Å². The van der Waals surface area contributed by atoms with Crippen LogP contribution in [-0.4, -0.2) is 0 Å². The van der Waals surface area contributed by atoms with Crippen molar-refractivity contribution in [1.29, 1.82) is 0 Å². The van der Waals surface area contributed by atoms with Crippen molar-refractivity contribution in [1.82, 2.24) is 0 Å². The van der Waals surface area contributed by atoms with Crippen LogP contribution in [0.5, 0.6) is 0 Å². The predicted octanol–water partition coefficient (Wildman–Crippen LogP) is 14.6. The molecule has 0 aliphatic rings. The number of rotatable bonds is 5. The van der Waals surface area contributed by atoms with E-state index in [0.717, 1.165) is 72.1 Å². The number of furan rings is 2. The fourth-order valence-corrected chi connectivity index (χ4v) is 8.18. The molecule has 3 nitrogen and oxygen atoms in total. The molecule has 0 aliphatic heterocycles. The van der Waals surface area contributed by atoms with Crippen LogP contribution in [0, 0.1) is 0 Å². The van der Waals surface area contributed by atoms with Crippen molar-refractivity contribution in [3.63, 3.8) is 0 Å². The maximum atomic E-state index is 7.02. The van der Waals surface area contributed by atoms with Gasteiger partial charge in [0.1, 0.15) is 16.7 Å². The average Bonchev–Trinajstić information content (AvgIpc) is 3.79. The van der Waals surface area contributed by atoms with E-state index in [1.54, 1.807) is 0 Å². The van der Waals surface area contributed by atoms with Crippen molar-refractivity contribution < 1.29 is 8.83 Å². The number of hydrogen-bond donors (Lipinski definition) is 0. The van der Waals surface area contributed by atoms with E-state index in [2.05, 4.69) is 181 Å². The molecule has 9 aromatic carbocycles. The lowest BCUT2D eigenvalue weighted by Crippen LogP contribution is -2.10. The Bertz CT molecular complexity index is 3160. The molecule has 0 saturated heterocycles. The van der Waals surface area contributed by atoms with Crippen molar-refractivity contribution in [3.8, 4) is 22.3 Å². The van der Waals surface area contributed by atoms with Gasteiger partial charge in [-0.2, -0.15) is 0 Å². The standard InChI is InChI=1S/C50H31NO2/c1-2-12-32(13-3-1)33-24-26-36(27-25-33)51(45-22-11-21-43-40-19-8-9-23-46(40)52-49(43)45)37-28-29-41-44-30-35-15-5-7-18-39(35)48(50(44)53-47(41)31-37)42-20-10-16-34-14-4-6-17-38(34)42/h1-31H. The second-order valence-corrected chi connectivity index (χ2v) is 13.7. The van der Waals surface area contributed by atoms with E-state index < -0.39 is 0 Å². The van der Waals surface area contributed by atoms with Crippen molar-refractivity contribution in [3.05, 3.63) is 188 Å². The highest BCUT2D eigenvalue weighted by Gasteiger charge is 2.22. The molecule has 2 heterocycles. The minimum Gasteiger partial charge on any atom is -0.455 e. The Morgan fingerprint density at radius 1 is 0.340 bits per heavy atom. The van der Waals surface area contributed by atoms with Gasteiger partial charge in [0.2, 0.25) is 0 Å². The van der Waals surface area contributed by atoms with Crippen LogP contribution >= 0.6 is 0 Å². The molecular formula is C50H31NO2. The molecule has 2 aromatic heterocycles. The fraction of sp³-hybridized carbons (Fsp3) is 0. The predicted molar refractivity (Wildman–Crippen MR) is 222 cm³/mol. The minimum atomic E-state index is 0.831. The zero-order chi connectivity index (χ0) is 34.9. The van der Waals surface area contributed by atoms with Gasteiger partial charge in [0, 0.05) is 38.9 Å². The van der Waals surface area contributed by atoms with Gasteiger partial charge in [-0.25, -0.2) is 0 Å². The first-order valence-corrected chi connectivity index (χ1v) is 18.0. The van der Waals surface area contributed by atoms with E-state index in [-0.39, 0.29) is 0 Å². The third kappa shape index (κ3) is 4.68. The van der Waals surface area contributed by atoms with Crippen molar-refractivity contribution in [2.24, 2.45) is 0 Å². The lowest BCUT2D eigenvalue weighted by Gasteiger charge is -2.25. The summed E-state index contributed by atoms with van der Waals surface area (Å²) in [5.41, 5.74) is 11.0. The van der Waals surface area contributed by atoms with Crippen LogP contribution in [0.25, 0.3) is 87.7 Å². The molecule has 0 unspecified atom stereocenters. The van der Waals surface area contributed by atoms with Gasteiger partial charge in [0.15, 0.2) is 5.58 Å². The molecule has 53 heavy (non-hydrogen) atoms. The molecule has 248 valence electrons. The van der Waals surface area contributed by atoms with E-state index in [9.17, 15) is 0 Å². The van der Waals surface area contributed by atoms with E-state index in [1.165, 1.54) is 32.7 Å². The van der Waals surface area contributed by atoms with Crippen molar-refractivity contribution in [2.45, 2.75) is 0 Å². The molecule has 0 radical (unpaired) electrons. The summed E-state index contributed by atoms with van der Waals surface area (Å²) in [5, 5.41) is 9.14. The number of fused-ring (bicyclic) bond motifs is 8. The Hall–Kier alpha value is -7.10. The van der Waals surface area contributed by atoms with Crippen LogP contribution < -0.4 is 4.90 Å². The second kappa shape index (κ2) is 11.7. The lowest BCUT2D eigenvalue weighted by atomic mass is 9.92. The Balaban J connectivity index is 1.16. The molecule has 0 bridgehead atoms. The Morgan fingerprint density at radius 3 is 1.83 bits per heavy atom. The topological polar surface area (TPSA) is 29.5 Å². The maximum absolute atomic E-state index is 7.02. The monoisotopic (exact) mass is 677 g/mol. The number of para-hydroxylation sites is 2. The van der Waals surface area contributed by atoms with Gasteiger partial charge in [0.25, 0.3) is 0 Å². The molecule has 11 rings (SSSR count). The van der Waals surface area contributed by atoms with Crippen LogP contribution in [0.15, 0.2) is 197 Å². The van der Waals surface area contributed by atoms with Crippen LogP contribution in [0.2, 0.25) is 0 Å². The molecule has 0 saturated carbocycles. The van der Waals surface area contributed by atoms with Gasteiger partial charge < -0.3 is 13.7 Å². The molecule has 0 amide bonds. The molecular weight excluding hydrogens is 647 g/mol. The van der Waals surface area contributed by atoms with Gasteiger partial charge in [-0.3, -0.25) is 0 Å². The quantitative estimate of drug-likeness (QED) is 0.182. The molecule has 0 atom stereocenters. The van der Waals surface area contributed by atoms with E-state index in [0.29, 0.717) is 0 Å². The second-order valence-electron chi connectivity index (χ2n) is 13.7. The first-order chi connectivity index (χ1) is 26.3. The molecule has 0 aliphatic carbocycles. The number of benzene rings is 9. The summed E-state index contributed by atoms with van der Waals surface area (Å²) in [6.07, 6.45) is 0. The van der Waals surface area contributed by atoms with Gasteiger partial charge in [-0.15, -0.1) is 0 Å². The van der Waals surface area contributed by atoms with Gasteiger partial charge in [0.05, 0.1) is 11.4 Å². The number of nitrogens with zero attached hydrogens (tertiary/aromatic N) is 1. The zero-order valence-corrected chi connectivity index (χ0v) is 28.7. The van der Waals surface area contributed by atoms with Gasteiger partial charge in [-0.1, -0.05) is 140 Å². The molecule has 0 spiro atoms. The zero-order valence-electron chi connectivity index (χ0n) is 28.7. The summed E-state index contributed by atoms with van der Waals surface area (Å²) in [4.78, 5) is 2.29. The normalized spacial score (nSPS) is 11.8. The molecule has 0 N–H and O–H groups in total. The third-order valence-electron chi connectivity index (χ3n) is 10.6. The van der Waals surface area contributed by atoms with Crippen LogP contribution in [-0.2, 0) is 0 Å². The van der Waals surface area contributed by atoms with Gasteiger partial charge >= 0.3 is 0 Å². The highest BCUT2D eigenvalue weighted by atomic mass is 16.3. The van der Waals surface area contributed by atoms with Crippen molar-refractivity contribution in [2.75, 3.05) is 4.90 Å². The van der Waals surface area contributed by atoms with Crippen LogP contribution in [0.3, 0.4) is 0 Å². The average molecular weight is 678 g/mol. The summed E-state index contributed by atoms with van der Waals surface area (Å²) in [5.74, 6) is 0. The maximum Gasteiger partial charge on any atom is 0.159 e. The van der Waals surface area contributed by atoms with E-state index in [4.69, 9.17) is 8.83 Å². The molecule has 3 heteroatoms. The lowest BCUT2D eigenvalue weighted by molar-refractivity contribution is 0.668. The van der Waals surface area contributed by atoms with Gasteiger partial charge in [-0.05, 0) is 80.7 Å². The van der Waals surface area contributed by atoms with E-state index >= 15 is 0 Å². The fourth-order valence-electron chi connectivity index (χ4n) is 8.18. The smallest absolute Gasteiger partial charge is 0.159 e. The first kappa shape index (κ1) is 29.6. The third-order valence-corrected chi connectivity index (χ3v) is 10.6. The highest BCUT2D eigenvalue weighted by molar-refractivity contribution is 6.21.